The van der Waals surface area contributed by atoms with Gasteiger partial charge in [0.2, 0.25) is 0 Å². The highest BCUT2D eigenvalue weighted by Crippen LogP contribution is 2.38. The minimum Gasteiger partial charge on any atom is -0.490 e. The molecular formula is C17H22O3S. The van der Waals surface area contributed by atoms with Crippen molar-refractivity contribution in [1.82, 2.24) is 0 Å². The van der Waals surface area contributed by atoms with Gasteiger partial charge in [-0.05, 0) is 55.5 Å². The number of ketones is 1. The Morgan fingerprint density at radius 1 is 1.29 bits per heavy atom. The zero-order valence-electron chi connectivity index (χ0n) is 12.5. The van der Waals surface area contributed by atoms with Crippen LogP contribution in [0, 0.1) is 0 Å². The van der Waals surface area contributed by atoms with E-state index in [0.29, 0.717) is 0 Å². The molecule has 0 aliphatic carbocycles. The summed E-state index contributed by atoms with van der Waals surface area (Å²) in [4.78, 5) is 11.3. The lowest BCUT2D eigenvalue weighted by Gasteiger charge is -2.43. The number of rotatable bonds is 3. The van der Waals surface area contributed by atoms with E-state index < -0.39 is 0 Å². The lowest BCUT2D eigenvalue weighted by atomic mass is 9.86. The summed E-state index contributed by atoms with van der Waals surface area (Å²) in [6, 6.07) is 7.47. The number of hydrogen-bond donors (Lipinski definition) is 0. The van der Waals surface area contributed by atoms with Gasteiger partial charge in [0.25, 0.3) is 0 Å². The number of carbonyl (C=O) groups is 1. The minimum absolute atomic E-state index is 0.0491. The maximum atomic E-state index is 11.3. The number of thioether (sulfide) groups is 1. The van der Waals surface area contributed by atoms with E-state index in [0.717, 1.165) is 43.6 Å². The van der Waals surface area contributed by atoms with Crippen LogP contribution < -0.4 is 4.74 Å². The van der Waals surface area contributed by atoms with Gasteiger partial charge < -0.3 is 9.47 Å². The molecule has 3 rings (SSSR count). The van der Waals surface area contributed by atoms with E-state index in [1.807, 2.05) is 36.0 Å². The fourth-order valence-electron chi connectivity index (χ4n) is 3.14. The van der Waals surface area contributed by atoms with E-state index in [-0.39, 0.29) is 17.5 Å². The molecule has 2 fully saturated rings. The van der Waals surface area contributed by atoms with Crippen molar-refractivity contribution in [1.29, 1.82) is 0 Å². The predicted molar refractivity (Wildman–Crippen MR) is 85.3 cm³/mol. The van der Waals surface area contributed by atoms with E-state index in [4.69, 9.17) is 9.47 Å². The predicted octanol–water partition coefficient (Wildman–Crippen LogP) is 3.71. The minimum atomic E-state index is 0.0491. The standard InChI is InChI=1S/C17H22O3S/c1-13(18)14-2-4-15(5-3-14)20-16-6-9-19-17(12-16)7-10-21-11-8-17/h2-5,16H,6-12H2,1H3. The van der Waals surface area contributed by atoms with Crippen molar-refractivity contribution in [3.8, 4) is 5.75 Å². The molecule has 0 N–H and O–H groups in total. The van der Waals surface area contributed by atoms with Crippen molar-refractivity contribution in [3.63, 3.8) is 0 Å². The van der Waals surface area contributed by atoms with E-state index in [1.165, 1.54) is 11.5 Å². The molecule has 0 aromatic heterocycles. The molecule has 2 heterocycles. The largest absolute Gasteiger partial charge is 0.490 e. The van der Waals surface area contributed by atoms with Crippen LogP contribution in [0.5, 0.6) is 5.75 Å². The summed E-state index contributed by atoms with van der Waals surface area (Å²) in [5.41, 5.74) is 0.781. The number of benzene rings is 1. The van der Waals surface area contributed by atoms with Gasteiger partial charge in [-0.1, -0.05) is 0 Å². The van der Waals surface area contributed by atoms with Crippen LogP contribution in [0.4, 0.5) is 0 Å². The summed E-state index contributed by atoms with van der Waals surface area (Å²) in [7, 11) is 0. The average molecular weight is 306 g/mol. The molecule has 2 aliphatic heterocycles. The summed E-state index contributed by atoms with van der Waals surface area (Å²) in [6.07, 6.45) is 4.44. The fourth-order valence-corrected chi connectivity index (χ4v) is 4.37. The number of carbonyl (C=O) groups excluding carboxylic acids is 1. The number of hydrogen-bond acceptors (Lipinski definition) is 4. The van der Waals surface area contributed by atoms with Gasteiger partial charge in [0.05, 0.1) is 12.2 Å². The molecule has 1 atom stereocenters. The topological polar surface area (TPSA) is 35.5 Å². The van der Waals surface area contributed by atoms with Crippen molar-refractivity contribution >= 4 is 17.5 Å². The van der Waals surface area contributed by atoms with Gasteiger partial charge in [-0.3, -0.25) is 4.79 Å². The summed E-state index contributed by atoms with van der Waals surface area (Å²) in [6.45, 7) is 2.38. The molecule has 1 unspecified atom stereocenters. The second-order valence-corrected chi connectivity index (χ2v) is 7.18. The number of ether oxygens (including phenoxy) is 2. The van der Waals surface area contributed by atoms with Gasteiger partial charge >= 0.3 is 0 Å². The van der Waals surface area contributed by atoms with Crippen molar-refractivity contribution in [2.75, 3.05) is 18.1 Å². The Morgan fingerprint density at radius 2 is 2.00 bits per heavy atom. The molecule has 21 heavy (non-hydrogen) atoms. The maximum absolute atomic E-state index is 11.3. The second kappa shape index (κ2) is 6.41. The van der Waals surface area contributed by atoms with E-state index >= 15 is 0 Å². The first-order valence-electron chi connectivity index (χ1n) is 7.66. The van der Waals surface area contributed by atoms with Crippen LogP contribution in [0.3, 0.4) is 0 Å². The number of Topliss-reactive ketones (excluding diaryl/α,β-unsaturated/α-hetero) is 1. The Morgan fingerprint density at radius 3 is 2.67 bits per heavy atom. The molecule has 1 aromatic carbocycles. The smallest absolute Gasteiger partial charge is 0.159 e. The van der Waals surface area contributed by atoms with E-state index in [9.17, 15) is 4.79 Å². The molecule has 0 bridgehead atoms. The van der Waals surface area contributed by atoms with Crippen molar-refractivity contribution in [3.05, 3.63) is 29.8 Å². The van der Waals surface area contributed by atoms with Gasteiger partial charge in [-0.25, -0.2) is 0 Å². The monoisotopic (exact) mass is 306 g/mol. The first-order chi connectivity index (χ1) is 10.2. The molecule has 3 nitrogen and oxygen atoms in total. The molecule has 4 heteroatoms. The zero-order valence-corrected chi connectivity index (χ0v) is 13.3. The lowest BCUT2D eigenvalue weighted by Crippen LogP contribution is -2.46. The van der Waals surface area contributed by atoms with Crippen molar-refractivity contribution in [2.24, 2.45) is 0 Å². The highest BCUT2D eigenvalue weighted by atomic mass is 32.2. The van der Waals surface area contributed by atoms with Gasteiger partial charge in [0, 0.05) is 18.4 Å². The lowest BCUT2D eigenvalue weighted by molar-refractivity contribution is -0.116. The third-order valence-corrected chi connectivity index (χ3v) is 5.40. The second-order valence-electron chi connectivity index (χ2n) is 5.96. The van der Waals surface area contributed by atoms with Crippen LogP contribution in [0.15, 0.2) is 24.3 Å². The Bertz CT molecular complexity index is 486. The molecule has 1 spiro atoms. The molecule has 0 amide bonds. The molecule has 2 aliphatic rings. The average Bonchev–Trinajstić information content (AvgIpc) is 2.49. The van der Waals surface area contributed by atoms with Gasteiger partial charge in [-0.15, -0.1) is 0 Å². The van der Waals surface area contributed by atoms with Gasteiger partial charge in [-0.2, -0.15) is 11.8 Å². The SMILES string of the molecule is CC(=O)c1ccc(OC2CCOC3(CCSCC3)C2)cc1. The van der Waals surface area contributed by atoms with E-state index in [1.54, 1.807) is 6.92 Å². The highest BCUT2D eigenvalue weighted by molar-refractivity contribution is 7.99. The van der Waals surface area contributed by atoms with Gasteiger partial charge in [0.1, 0.15) is 11.9 Å². The summed E-state index contributed by atoms with van der Waals surface area (Å²) in [5, 5.41) is 0. The third kappa shape index (κ3) is 3.61. The first-order valence-corrected chi connectivity index (χ1v) is 8.82. The maximum Gasteiger partial charge on any atom is 0.159 e. The molecule has 2 saturated heterocycles. The normalized spacial score (nSPS) is 24.7. The molecule has 0 radical (unpaired) electrons. The first kappa shape index (κ1) is 14.9. The Hall–Kier alpha value is -1.00. The zero-order chi connectivity index (χ0) is 14.7. The van der Waals surface area contributed by atoms with Crippen LogP contribution in [-0.2, 0) is 4.74 Å². The van der Waals surface area contributed by atoms with Crippen LogP contribution in [0.25, 0.3) is 0 Å². The molecule has 1 aromatic rings. The Labute approximate surface area is 130 Å². The van der Waals surface area contributed by atoms with E-state index in [2.05, 4.69) is 0 Å². The molecular weight excluding hydrogens is 284 g/mol. The summed E-state index contributed by atoms with van der Waals surface area (Å²) < 4.78 is 12.2. The van der Waals surface area contributed by atoms with Gasteiger partial charge in [0.15, 0.2) is 5.78 Å². The van der Waals surface area contributed by atoms with Crippen LogP contribution in [0.2, 0.25) is 0 Å². The quantitative estimate of drug-likeness (QED) is 0.798. The Balaban J connectivity index is 1.62. The third-order valence-electron chi connectivity index (χ3n) is 4.42. The van der Waals surface area contributed by atoms with Crippen molar-refractivity contribution < 1.29 is 14.3 Å². The molecule has 0 saturated carbocycles. The van der Waals surface area contributed by atoms with Crippen LogP contribution in [-0.4, -0.2) is 35.6 Å². The summed E-state index contributed by atoms with van der Waals surface area (Å²) in [5.74, 6) is 3.33. The highest BCUT2D eigenvalue weighted by Gasteiger charge is 2.39. The van der Waals surface area contributed by atoms with Crippen LogP contribution in [0.1, 0.15) is 43.0 Å². The molecule has 114 valence electrons. The Kier molecular flexibility index (Phi) is 4.55. The summed E-state index contributed by atoms with van der Waals surface area (Å²) >= 11 is 2.02. The van der Waals surface area contributed by atoms with Crippen molar-refractivity contribution in [2.45, 2.75) is 44.3 Å². The fraction of sp³-hybridized carbons (Fsp3) is 0.588. The van der Waals surface area contributed by atoms with Crippen LogP contribution >= 0.6 is 11.8 Å².